The van der Waals surface area contributed by atoms with Crippen molar-refractivity contribution in [2.24, 2.45) is 0 Å². The Labute approximate surface area is 108 Å². The number of rotatable bonds is 3. The van der Waals surface area contributed by atoms with E-state index in [-0.39, 0.29) is 12.1 Å². The average molecular weight is 263 g/mol. The lowest BCUT2D eigenvalue weighted by atomic mass is 10.2. The number of carbonyl (C=O) groups excluding carboxylic acids is 1. The van der Waals surface area contributed by atoms with Gasteiger partial charge in [-0.2, -0.15) is 0 Å². The van der Waals surface area contributed by atoms with Gasteiger partial charge in [0.05, 0.1) is 24.0 Å². The summed E-state index contributed by atoms with van der Waals surface area (Å²) >= 11 is 0. The van der Waals surface area contributed by atoms with E-state index >= 15 is 0 Å². The van der Waals surface area contributed by atoms with Crippen LogP contribution in [0, 0.1) is 11.6 Å². The summed E-state index contributed by atoms with van der Waals surface area (Å²) in [5.74, 6) is -1.96. The van der Waals surface area contributed by atoms with Crippen LogP contribution in [0.25, 0.3) is 0 Å². The zero-order valence-electron chi connectivity index (χ0n) is 9.86. The summed E-state index contributed by atoms with van der Waals surface area (Å²) in [5, 5.41) is 2.35. The lowest BCUT2D eigenvalue weighted by Gasteiger charge is -2.06. The van der Waals surface area contributed by atoms with Gasteiger partial charge >= 0.3 is 0 Å². The molecule has 0 aliphatic heterocycles. The standard InChI is InChI=1S/C13H11F2N3O/c14-8-1-4-12(11(15)5-8)18-13(19)6-10-3-2-9(16)7-17-10/h1-5,7H,6,16H2,(H,18,19). The Kier molecular flexibility index (Phi) is 3.70. The number of pyridine rings is 1. The van der Waals surface area contributed by atoms with Crippen LogP contribution < -0.4 is 11.1 Å². The summed E-state index contributed by atoms with van der Waals surface area (Å²) in [6.45, 7) is 0. The number of amides is 1. The molecule has 2 rings (SSSR count). The van der Waals surface area contributed by atoms with Gasteiger partial charge in [-0.25, -0.2) is 8.78 Å². The summed E-state index contributed by atoms with van der Waals surface area (Å²) in [5.41, 5.74) is 6.40. The molecule has 0 fully saturated rings. The molecule has 0 radical (unpaired) electrons. The molecule has 1 aromatic heterocycles. The van der Waals surface area contributed by atoms with E-state index in [0.29, 0.717) is 17.4 Å². The number of benzene rings is 1. The van der Waals surface area contributed by atoms with E-state index in [9.17, 15) is 13.6 Å². The van der Waals surface area contributed by atoms with Crippen LogP contribution in [-0.2, 0) is 11.2 Å². The third-order valence-electron chi connectivity index (χ3n) is 2.39. The van der Waals surface area contributed by atoms with Gasteiger partial charge in [-0.3, -0.25) is 9.78 Å². The van der Waals surface area contributed by atoms with Crippen molar-refractivity contribution in [3.05, 3.63) is 53.9 Å². The second kappa shape index (κ2) is 5.43. The van der Waals surface area contributed by atoms with Crippen molar-refractivity contribution < 1.29 is 13.6 Å². The van der Waals surface area contributed by atoms with Gasteiger partial charge in [-0.15, -0.1) is 0 Å². The summed E-state index contributed by atoms with van der Waals surface area (Å²) in [7, 11) is 0. The first-order chi connectivity index (χ1) is 9.04. The van der Waals surface area contributed by atoms with E-state index in [1.807, 2.05) is 0 Å². The van der Waals surface area contributed by atoms with Crippen molar-refractivity contribution in [1.29, 1.82) is 0 Å². The summed E-state index contributed by atoms with van der Waals surface area (Å²) in [6, 6.07) is 6.17. The molecular formula is C13H11F2N3O. The zero-order chi connectivity index (χ0) is 13.8. The van der Waals surface area contributed by atoms with Crippen molar-refractivity contribution in [3.8, 4) is 0 Å². The molecule has 0 spiro atoms. The molecule has 1 heterocycles. The highest BCUT2D eigenvalue weighted by atomic mass is 19.1. The van der Waals surface area contributed by atoms with E-state index in [0.717, 1.165) is 6.07 Å². The number of anilines is 2. The van der Waals surface area contributed by atoms with Crippen molar-refractivity contribution >= 4 is 17.3 Å². The number of carbonyl (C=O) groups is 1. The molecule has 0 aliphatic rings. The molecule has 98 valence electrons. The number of hydrogen-bond donors (Lipinski definition) is 2. The number of hydrogen-bond acceptors (Lipinski definition) is 3. The maximum absolute atomic E-state index is 13.3. The molecule has 0 unspecified atom stereocenters. The van der Waals surface area contributed by atoms with Crippen LogP contribution in [0.3, 0.4) is 0 Å². The molecule has 6 heteroatoms. The normalized spacial score (nSPS) is 10.2. The molecule has 3 N–H and O–H groups in total. The maximum atomic E-state index is 13.3. The molecule has 19 heavy (non-hydrogen) atoms. The highest BCUT2D eigenvalue weighted by Gasteiger charge is 2.09. The molecule has 4 nitrogen and oxygen atoms in total. The second-order valence-corrected chi connectivity index (χ2v) is 3.93. The van der Waals surface area contributed by atoms with Gasteiger partial charge < -0.3 is 11.1 Å². The van der Waals surface area contributed by atoms with Crippen molar-refractivity contribution in [2.45, 2.75) is 6.42 Å². The van der Waals surface area contributed by atoms with Crippen molar-refractivity contribution in [1.82, 2.24) is 4.98 Å². The van der Waals surface area contributed by atoms with Crippen LogP contribution in [0.2, 0.25) is 0 Å². The molecule has 0 saturated heterocycles. The number of nitrogens with zero attached hydrogens (tertiary/aromatic N) is 1. The number of nitrogens with two attached hydrogens (primary N) is 1. The van der Waals surface area contributed by atoms with Gasteiger partial charge in [-0.1, -0.05) is 0 Å². The Morgan fingerprint density at radius 3 is 2.68 bits per heavy atom. The first-order valence-electron chi connectivity index (χ1n) is 5.50. The first-order valence-corrected chi connectivity index (χ1v) is 5.50. The van der Waals surface area contributed by atoms with E-state index < -0.39 is 17.5 Å². The Bertz CT molecular complexity index is 599. The van der Waals surface area contributed by atoms with Crippen molar-refractivity contribution in [2.75, 3.05) is 11.1 Å². The largest absolute Gasteiger partial charge is 0.397 e. The Morgan fingerprint density at radius 2 is 2.05 bits per heavy atom. The van der Waals surface area contributed by atoms with Gasteiger partial charge in [0, 0.05) is 11.8 Å². The number of nitrogen functional groups attached to an aromatic ring is 1. The van der Waals surface area contributed by atoms with Gasteiger partial charge in [0.15, 0.2) is 0 Å². The summed E-state index contributed by atoms with van der Waals surface area (Å²) in [4.78, 5) is 15.6. The fraction of sp³-hybridized carbons (Fsp3) is 0.0769. The van der Waals surface area contributed by atoms with Gasteiger partial charge in [0.2, 0.25) is 5.91 Å². The van der Waals surface area contributed by atoms with E-state index in [1.54, 1.807) is 12.1 Å². The Morgan fingerprint density at radius 1 is 1.26 bits per heavy atom. The maximum Gasteiger partial charge on any atom is 0.230 e. The Hall–Kier alpha value is -2.50. The molecule has 1 amide bonds. The predicted octanol–water partition coefficient (Wildman–Crippen LogP) is 2.12. The van der Waals surface area contributed by atoms with E-state index in [4.69, 9.17) is 5.73 Å². The predicted molar refractivity (Wildman–Crippen MR) is 67.3 cm³/mol. The molecule has 1 aromatic carbocycles. The lowest BCUT2D eigenvalue weighted by molar-refractivity contribution is -0.115. The average Bonchev–Trinajstić information content (AvgIpc) is 2.36. The quantitative estimate of drug-likeness (QED) is 0.891. The smallest absolute Gasteiger partial charge is 0.230 e. The third-order valence-corrected chi connectivity index (χ3v) is 2.39. The number of aromatic nitrogens is 1. The lowest BCUT2D eigenvalue weighted by Crippen LogP contribution is -2.16. The zero-order valence-corrected chi connectivity index (χ0v) is 9.86. The fourth-order valence-electron chi connectivity index (χ4n) is 1.49. The molecule has 0 bridgehead atoms. The monoisotopic (exact) mass is 263 g/mol. The van der Waals surface area contributed by atoms with Gasteiger partial charge in [0.25, 0.3) is 0 Å². The van der Waals surface area contributed by atoms with E-state index in [1.165, 1.54) is 12.3 Å². The minimum atomic E-state index is -0.821. The van der Waals surface area contributed by atoms with E-state index in [2.05, 4.69) is 10.3 Å². The molecule has 2 aromatic rings. The summed E-state index contributed by atoms with van der Waals surface area (Å²) in [6.07, 6.45) is 1.41. The minimum Gasteiger partial charge on any atom is -0.397 e. The topological polar surface area (TPSA) is 68.0 Å². The molecular weight excluding hydrogens is 252 g/mol. The number of halogens is 2. The third kappa shape index (κ3) is 3.48. The fourth-order valence-corrected chi connectivity index (χ4v) is 1.49. The minimum absolute atomic E-state index is 0.0168. The second-order valence-electron chi connectivity index (χ2n) is 3.93. The van der Waals surface area contributed by atoms with Crippen LogP contribution in [0.4, 0.5) is 20.2 Å². The van der Waals surface area contributed by atoms with Crippen molar-refractivity contribution in [3.63, 3.8) is 0 Å². The molecule has 0 atom stereocenters. The van der Waals surface area contributed by atoms with Crippen LogP contribution in [0.5, 0.6) is 0 Å². The van der Waals surface area contributed by atoms with Crippen LogP contribution in [-0.4, -0.2) is 10.9 Å². The highest BCUT2D eigenvalue weighted by molar-refractivity contribution is 5.92. The molecule has 0 saturated carbocycles. The SMILES string of the molecule is Nc1ccc(CC(=O)Nc2ccc(F)cc2F)nc1. The van der Waals surface area contributed by atoms with Crippen LogP contribution in [0.15, 0.2) is 36.5 Å². The summed E-state index contributed by atoms with van der Waals surface area (Å²) < 4.78 is 26.0. The van der Waals surface area contributed by atoms with Crippen LogP contribution in [0.1, 0.15) is 5.69 Å². The van der Waals surface area contributed by atoms with Gasteiger partial charge in [-0.05, 0) is 24.3 Å². The molecule has 0 aliphatic carbocycles. The number of nitrogens with one attached hydrogen (secondary N) is 1. The Balaban J connectivity index is 2.03. The first kappa shape index (κ1) is 12.9. The highest BCUT2D eigenvalue weighted by Crippen LogP contribution is 2.15. The van der Waals surface area contributed by atoms with Crippen LogP contribution >= 0.6 is 0 Å². The van der Waals surface area contributed by atoms with Gasteiger partial charge in [0.1, 0.15) is 11.6 Å².